The average molecular weight is 449 g/mol. The SMILES string of the molecule is CCC1=C(C(=O)OC)[C@@H](c2ccccc2)n2c(s/c(=C/c3ccccc3C(=O)O)c2=O)=N1. The Morgan fingerprint density at radius 1 is 1.16 bits per heavy atom. The standard InChI is InChI=1S/C24H20N2O5S/c1-3-17-19(23(30)31-2)20(14-9-5-4-6-10-14)26-21(27)18(32-24(26)25-17)13-15-11-7-8-12-16(15)22(28)29/h4-13,20H,3H2,1-2H3,(H,28,29)/b18-13+/t20-/m1/s1. The predicted octanol–water partition coefficient (Wildman–Crippen LogP) is 2.50. The summed E-state index contributed by atoms with van der Waals surface area (Å²) in [6, 6.07) is 15.0. The van der Waals surface area contributed by atoms with Crippen molar-refractivity contribution in [2.75, 3.05) is 7.11 Å². The van der Waals surface area contributed by atoms with Crippen LogP contribution in [0.2, 0.25) is 0 Å². The molecule has 0 radical (unpaired) electrons. The monoisotopic (exact) mass is 448 g/mol. The van der Waals surface area contributed by atoms with Crippen molar-refractivity contribution in [2.24, 2.45) is 4.99 Å². The molecule has 1 aromatic heterocycles. The Morgan fingerprint density at radius 3 is 2.50 bits per heavy atom. The summed E-state index contributed by atoms with van der Waals surface area (Å²) in [6.07, 6.45) is 2.05. The number of allylic oxidation sites excluding steroid dienone is 1. The molecule has 32 heavy (non-hydrogen) atoms. The van der Waals surface area contributed by atoms with Crippen LogP contribution in [-0.4, -0.2) is 28.7 Å². The molecular weight excluding hydrogens is 428 g/mol. The summed E-state index contributed by atoms with van der Waals surface area (Å²) in [4.78, 5) is 42.9. The minimum atomic E-state index is -1.08. The first-order valence-electron chi connectivity index (χ1n) is 9.96. The number of esters is 1. The van der Waals surface area contributed by atoms with Crippen molar-refractivity contribution < 1.29 is 19.4 Å². The lowest BCUT2D eigenvalue weighted by molar-refractivity contribution is -0.136. The zero-order valence-corrected chi connectivity index (χ0v) is 18.3. The molecule has 0 saturated carbocycles. The van der Waals surface area contributed by atoms with Gasteiger partial charge in [0.1, 0.15) is 0 Å². The van der Waals surface area contributed by atoms with Crippen molar-refractivity contribution in [3.05, 3.63) is 102 Å². The van der Waals surface area contributed by atoms with Crippen molar-refractivity contribution in [1.82, 2.24) is 4.57 Å². The highest BCUT2D eigenvalue weighted by Crippen LogP contribution is 2.31. The number of nitrogens with zero attached hydrogens (tertiary/aromatic N) is 2. The van der Waals surface area contributed by atoms with E-state index in [0.717, 1.165) is 5.56 Å². The number of benzene rings is 2. The maximum absolute atomic E-state index is 13.5. The first-order valence-corrected chi connectivity index (χ1v) is 10.8. The maximum atomic E-state index is 13.5. The van der Waals surface area contributed by atoms with E-state index in [0.29, 0.717) is 32.6 Å². The van der Waals surface area contributed by atoms with Crippen LogP contribution in [0.5, 0.6) is 0 Å². The summed E-state index contributed by atoms with van der Waals surface area (Å²) in [5, 5.41) is 9.48. The van der Waals surface area contributed by atoms with Gasteiger partial charge >= 0.3 is 11.9 Å². The van der Waals surface area contributed by atoms with Crippen LogP contribution in [0.25, 0.3) is 6.08 Å². The van der Waals surface area contributed by atoms with Gasteiger partial charge in [0.05, 0.1) is 34.5 Å². The molecule has 0 saturated heterocycles. The summed E-state index contributed by atoms with van der Waals surface area (Å²) in [7, 11) is 1.30. The van der Waals surface area contributed by atoms with Gasteiger partial charge in [0.15, 0.2) is 4.80 Å². The number of carbonyl (C=O) groups excluding carboxylic acids is 1. The van der Waals surface area contributed by atoms with Crippen LogP contribution in [0.3, 0.4) is 0 Å². The van der Waals surface area contributed by atoms with Crippen molar-refractivity contribution in [1.29, 1.82) is 0 Å². The highest BCUT2D eigenvalue weighted by molar-refractivity contribution is 7.07. The number of fused-ring (bicyclic) bond motifs is 1. The smallest absolute Gasteiger partial charge is 0.338 e. The molecule has 162 valence electrons. The number of carboxylic acid groups (broad SMARTS) is 1. The van der Waals surface area contributed by atoms with Gasteiger partial charge < -0.3 is 9.84 Å². The van der Waals surface area contributed by atoms with E-state index in [1.54, 1.807) is 24.3 Å². The molecule has 1 aliphatic heterocycles. The average Bonchev–Trinajstić information content (AvgIpc) is 3.12. The van der Waals surface area contributed by atoms with Gasteiger partial charge in [0.2, 0.25) is 0 Å². The summed E-state index contributed by atoms with van der Waals surface area (Å²) in [5.74, 6) is -1.61. The first kappa shape index (κ1) is 21.5. The van der Waals surface area contributed by atoms with Gasteiger partial charge in [-0.25, -0.2) is 14.6 Å². The van der Waals surface area contributed by atoms with Crippen LogP contribution < -0.4 is 14.9 Å². The molecule has 0 bridgehead atoms. The van der Waals surface area contributed by atoms with Gasteiger partial charge in [0, 0.05) is 0 Å². The molecule has 3 aromatic rings. The summed E-state index contributed by atoms with van der Waals surface area (Å²) in [5.41, 5.74) is 1.81. The normalized spacial score (nSPS) is 15.8. The van der Waals surface area contributed by atoms with Gasteiger partial charge in [-0.15, -0.1) is 0 Å². The highest BCUT2D eigenvalue weighted by atomic mass is 32.1. The van der Waals surface area contributed by atoms with Crippen LogP contribution >= 0.6 is 11.3 Å². The van der Waals surface area contributed by atoms with E-state index >= 15 is 0 Å². The first-order chi connectivity index (χ1) is 15.5. The van der Waals surface area contributed by atoms with Crippen LogP contribution in [0.1, 0.15) is 40.9 Å². The number of rotatable bonds is 5. The quantitative estimate of drug-likeness (QED) is 0.605. The summed E-state index contributed by atoms with van der Waals surface area (Å²) in [6.45, 7) is 1.89. The van der Waals surface area contributed by atoms with E-state index < -0.39 is 18.0 Å². The van der Waals surface area contributed by atoms with Crippen LogP contribution in [0.4, 0.5) is 0 Å². The summed E-state index contributed by atoms with van der Waals surface area (Å²) >= 11 is 1.17. The highest BCUT2D eigenvalue weighted by Gasteiger charge is 2.33. The Labute approximate surface area is 187 Å². The molecule has 0 fully saturated rings. The molecule has 7 nitrogen and oxygen atoms in total. The molecule has 2 aromatic carbocycles. The number of carbonyl (C=O) groups is 2. The number of aromatic carboxylic acids is 1. The van der Waals surface area contributed by atoms with Crippen molar-refractivity contribution in [2.45, 2.75) is 19.4 Å². The number of hydrogen-bond donors (Lipinski definition) is 1. The second kappa shape index (κ2) is 8.76. The number of aromatic nitrogens is 1. The zero-order chi connectivity index (χ0) is 22.8. The Hall–Kier alpha value is -3.78. The maximum Gasteiger partial charge on any atom is 0.338 e. The number of hydrogen-bond acceptors (Lipinski definition) is 6. The molecule has 1 aliphatic rings. The predicted molar refractivity (Wildman–Crippen MR) is 120 cm³/mol. The molecule has 0 amide bonds. The van der Waals surface area contributed by atoms with E-state index in [-0.39, 0.29) is 11.1 Å². The fourth-order valence-corrected chi connectivity index (χ4v) is 4.78. The fraction of sp³-hybridized carbons (Fsp3) is 0.167. The van der Waals surface area contributed by atoms with Crippen LogP contribution in [-0.2, 0) is 9.53 Å². The van der Waals surface area contributed by atoms with Gasteiger partial charge in [-0.05, 0) is 29.7 Å². The third-order valence-electron chi connectivity index (χ3n) is 5.24. The van der Waals surface area contributed by atoms with Crippen molar-refractivity contribution in [3.63, 3.8) is 0 Å². The van der Waals surface area contributed by atoms with Gasteiger partial charge in [0.25, 0.3) is 5.56 Å². The third kappa shape index (κ3) is 3.69. The van der Waals surface area contributed by atoms with Crippen molar-refractivity contribution >= 4 is 29.4 Å². The number of carboxylic acids is 1. The third-order valence-corrected chi connectivity index (χ3v) is 6.23. The Morgan fingerprint density at radius 2 is 1.84 bits per heavy atom. The second-order valence-corrected chi connectivity index (χ2v) is 8.10. The molecule has 1 N–H and O–H groups in total. The molecule has 0 unspecified atom stereocenters. The molecule has 2 heterocycles. The Balaban J connectivity index is 2.02. The van der Waals surface area contributed by atoms with Gasteiger partial charge in [-0.1, -0.05) is 66.8 Å². The lowest BCUT2D eigenvalue weighted by Gasteiger charge is -2.25. The number of methoxy groups -OCH3 is 1. The number of ether oxygens (including phenoxy) is 1. The minimum absolute atomic E-state index is 0.0995. The zero-order valence-electron chi connectivity index (χ0n) is 17.4. The van der Waals surface area contributed by atoms with Crippen LogP contribution in [0.15, 0.2) is 75.7 Å². The van der Waals surface area contributed by atoms with Crippen molar-refractivity contribution in [3.8, 4) is 0 Å². The summed E-state index contributed by atoms with van der Waals surface area (Å²) < 4.78 is 6.85. The van der Waals surface area contributed by atoms with E-state index in [9.17, 15) is 19.5 Å². The van der Waals surface area contributed by atoms with Gasteiger partial charge in [-0.3, -0.25) is 9.36 Å². The molecule has 8 heteroatoms. The molecule has 0 spiro atoms. The van der Waals surface area contributed by atoms with E-state index in [2.05, 4.69) is 4.99 Å². The largest absolute Gasteiger partial charge is 0.478 e. The Kier molecular flexibility index (Phi) is 5.87. The fourth-order valence-electron chi connectivity index (χ4n) is 3.77. The molecule has 0 aliphatic carbocycles. The van der Waals surface area contributed by atoms with E-state index in [1.165, 1.54) is 29.1 Å². The molecule has 4 rings (SSSR count). The lowest BCUT2D eigenvalue weighted by atomic mass is 9.95. The topological polar surface area (TPSA) is 98.0 Å². The molecular formula is C24H20N2O5S. The van der Waals surface area contributed by atoms with Crippen LogP contribution in [0, 0.1) is 0 Å². The van der Waals surface area contributed by atoms with E-state index in [1.807, 2.05) is 37.3 Å². The Bertz CT molecular complexity index is 1420. The van der Waals surface area contributed by atoms with Gasteiger partial charge in [-0.2, -0.15) is 0 Å². The minimum Gasteiger partial charge on any atom is -0.478 e. The molecule has 1 atom stereocenters. The van der Waals surface area contributed by atoms with E-state index in [4.69, 9.17) is 4.74 Å². The number of thiazole rings is 1. The second-order valence-electron chi connectivity index (χ2n) is 7.09. The lowest BCUT2D eigenvalue weighted by Crippen LogP contribution is -2.40.